The molecule has 0 saturated carbocycles. The van der Waals surface area contributed by atoms with Crippen LogP contribution < -0.4 is 14.8 Å². The van der Waals surface area contributed by atoms with Crippen LogP contribution in [0.15, 0.2) is 42.5 Å². The van der Waals surface area contributed by atoms with Crippen LogP contribution in [0.25, 0.3) is 0 Å². The van der Waals surface area contributed by atoms with Crippen molar-refractivity contribution in [2.24, 2.45) is 0 Å². The van der Waals surface area contributed by atoms with Gasteiger partial charge in [-0.3, -0.25) is 4.79 Å². The molecule has 0 unspecified atom stereocenters. The summed E-state index contributed by atoms with van der Waals surface area (Å²) in [5.74, 6) is 1.13. The average Bonchev–Trinajstić information content (AvgIpc) is 2.55. The van der Waals surface area contributed by atoms with Crippen LogP contribution >= 0.6 is 0 Å². The first kappa shape index (κ1) is 16.9. The second-order valence-corrected chi connectivity index (χ2v) is 6.01. The van der Waals surface area contributed by atoms with Crippen LogP contribution in [0.1, 0.15) is 25.0 Å². The van der Waals surface area contributed by atoms with Gasteiger partial charge in [-0.2, -0.15) is 0 Å². The second kappa shape index (κ2) is 6.73. The highest BCUT2D eigenvalue weighted by Gasteiger charge is 2.29. The molecule has 0 atom stereocenters. The molecule has 2 aromatic carbocycles. The maximum atomic E-state index is 12.7. The predicted molar refractivity (Wildman–Crippen MR) is 92.4 cm³/mol. The Labute approximate surface area is 137 Å². The molecule has 4 heteroatoms. The standard InChI is InChI=1S/C19H23NO3/c1-13-6-8-14(9-7-13)19(2,3)18(21)20-15-10-11-16(22-4)17(12-15)23-5/h6-12H,1-5H3,(H,20,21). The van der Waals surface area contributed by atoms with Crippen LogP contribution in [0.5, 0.6) is 11.5 Å². The lowest BCUT2D eigenvalue weighted by atomic mass is 9.83. The summed E-state index contributed by atoms with van der Waals surface area (Å²) >= 11 is 0. The monoisotopic (exact) mass is 313 g/mol. The molecule has 0 heterocycles. The number of anilines is 1. The highest BCUT2D eigenvalue weighted by Crippen LogP contribution is 2.31. The van der Waals surface area contributed by atoms with E-state index in [2.05, 4.69) is 5.32 Å². The summed E-state index contributed by atoms with van der Waals surface area (Å²) in [6.45, 7) is 5.85. The van der Waals surface area contributed by atoms with Gasteiger partial charge in [0.1, 0.15) is 0 Å². The Morgan fingerprint density at radius 3 is 2.13 bits per heavy atom. The first-order valence-corrected chi connectivity index (χ1v) is 7.49. The summed E-state index contributed by atoms with van der Waals surface area (Å²) in [4.78, 5) is 12.7. The predicted octanol–water partition coefficient (Wildman–Crippen LogP) is 3.93. The Hall–Kier alpha value is -2.49. The van der Waals surface area contributed by atoms with Crippen molar-refractivity contribution < 1.29 is 14.3 Å². The molecule has 0 radical (unpaired) electrons. The van der Waals surface area contributed by atoms with Gasteiger partial charge in [0.05, 0.1) is 19.6 Å². The Balaban J connectivity index is 2.22. The largest absolute Gasteiger partial charge is 0.493 e. The van der Waals surface area contributed by atoms with Gasteiger partial charge in [0.2, 0.25) is 5.91 Å². The van der Waals surface area contributed by atoms with Gasteiger partial charge in [0.25, 0.3) is 0 Å². The van der Waals surface area contributed by atoms with Crippen LogP contribution in [0.4, 0.5) is 5.69 Å². The smallest absolute Gasteiger partial charge is 0.234 e. The highest BCUT2D eigenvalue weighted by molar-refractivity contribution is 5.98. The minimum absolute atomic E-state index is 0.0754. The number of aryl methyl sites for hydroxylation is 1. The molecular formula is C19H23NO3. The number of carbonyl (C=O) groups excluding carboxylic acids is 1. The molecule has 2 rings (SSSR count). The first-order valence-electron chi connectivity index (χ1n) is 7.49. The van der Waals surface area contributed by atoms with E-state index >= 15 is 0 Å². The molecule has 0 aliphatic rings. The van der Waals surface area contributed by atoms with Gasteiger partial charge in [-0.05, 0) is 38.5 Å². The van der Waals surface area contributed by atoms with Crippen molar-refractivity contribution in [2.45, 2.75) is 26.2 Å². The number of carbonyl (C=O) groups is 1. The van der Waals surface area contributed by atoms with Gasteiger partial charge in [-0.25, -0.2) is 0 Å². The van der Waals surface area contributed by atoms with E-state index in [-0.39, 0.29) is 5.91 Å². The topological polar surface area (TPSA) is 47.6 Å². The molecule has 0 bridgehead atoms. The summed E-state index contributed by atoms with van der Waals surface area (Å²) in [6.07, 6.45) is 0. The lowest BCUT2D eigenvalue weighted by molar-refractivity contribution is -0.120. The Kier molecular flexibility index (Phi) is 4.94. The SMILES string of the molecule is COc1ccc(NC(=O)C(C)(C)c2ccc(C)cc2)cc1OC. The van der Waals surface area contributed by atoms with Crippen molar-refractivity contribution in [1.29, 1.82) is 0 Å². The van der Waals surface area contributed by atoms with E-state index < -0.39 is 5.41 Å². The van der Waals surface area contributed by atoms with E-state index in [9.17, 15) is 4.79 Å². The highest BCUT2D eigenvalue weighted by atomic mass is 16.5. The maximum absolute atomic E-state index is 12.7. The average molecular weight is 313 g/mol. The third-order valence-corrected chi connectivity index (χ3v) is 3.98. The van der Waals surface area contributed by atoms with Crippen molar-refractivity contribution in [3.63, 3.8) is 0 Å². The molecule has 122 valence electrons. The summed E-state index contributed by atoms with van der Waals surface area (Å²) in [6, 6.07) is 13.3. The molecule has 23 heavy (non-hydrogen) atoms. The molecular weight excluding hydrogens is 290 g/mol. The van der Waals surface area contributed by atoms with E-state index in [1.807, 2.05) is 45.0 Å². The van der Waals surface area contributed by atoms with E-state index in [1.165, 1.54) is 5.56 Å². The Bertz CT molecular complexity index is 690. The quantitative estimate of drug-likeness (QED) is 0.910. The fourth-order valence-corrected chi connectivity index (χ4v) is 2.30. The Morgan fingerprint density at radius 2 is 1.57 bits per heavy atom. The minimum Gasteiger partial charge on any atom is -0.493 e. The zero-order chi connectivity index (χ0) is 17.0. The third-order valence-electron chi connectivity index (χ3n) is 3.98. The van der Waals surface area contributed by atoms with Crippen LogP contribution in [0.3, 0.4) is 0 Å². The van der Waals surface area contributed by atoms with Gasteiger partial charge in [0, 0.05) is 11.8 Å². The molecule has 1 amide bonds. The lowest BCUT2D eigenvalue weighted by Crippen LogP contribution is -2.34. The van der Waals surface area contributed by atoms with Crippen molar-refractivity contribution in [3.05, 3.63) is 53.6 Å². The van der Waals surface area contributed by atoms with Gasteiger partial charge in [-0.1, -0.05) is 29.8 Å². The number of ether oxygens (including phenoxy) is 2. The van der Waals surface area contributed by atoms with Gasteiger partial charge >= 0.3 is 0 Å². The number of benzene rings is 2. The molecule has 0 saturated heterocycles. The zero-order valence-corrected chi connectivity index (χ0v) is 14.3. The number of nitrogens with one attached hydrogen (secondary N) is 1. The molecule has 0 spiro atoms. The van der Waals surface area contributed by atoms with E-state index in [1.54, 1.807) is 32.4 Å². The fourth-order valence-electron chi connectivity index (χ4n) is 2.30. The van der Waals surface area contributed by atoms with E-state index in [4.69, 9.17) is 9.47 Å². The van der Waals surface area contributed by atoms with Crippen molar-refractivity contribution in [2.75, 3.05) is 19.5 Å². The summed E-state index contributed by atoms with van der Waals surface area (Å²) < 4.78 is 10.5. The molecule has 0 aromatic heterocycles. The van der Waals surface area contributed by atoms with Crippen LogP contribution in [0, 0.1) is 6.92 Å². The number of hydrogen-bond acceptors (Lipinski definition) is 3. The third kappa shape index (κ3) is 3.65. The Morgan fingerprint density at radius 1 is 0.957 bits per heavy atom. The number of rotatable bonds is 5. The molecule has 0 aliphatic heterocycles. The van der Waals surface area contributed by atoms with E-state index in [0.717, 1.165) is 5.56 Å². The molecule has 1 N–H and O–H groups in total. The molecule has 0 aliphatic carbocycles. The van der Waals surface area contributed by atoms with Crippen molar-refractivity contribution in [1.82, 2.24) is 0 Å². The van der Waals surface area contributed by atoms with Crippen LogP contribution in [-0.2, 0) is 10.2 Å². The summed E-state index contributed by atoms with van der Waals surface area (Å²) in [7, 11) is 3.15. The van der Waals surface area contributed by atoms with E-state index in [0.29, 0.717) is 17.2 Å². The number of amides is 1. The normalized spacial score (nSPS) is 11.0. The van der Waals surface area contributed by atoms with Gasteiger partial charge in [0.15, 0.2) is 11.5 Å². The molecule has 4 nitrogen and oxygen atoms in total. The van der Waals surface area contributed by atoms with Gasteiger partial charge in [-0.15, -0.1) is 0 Å². The summed E-state index contributed by atoms with van der Waals surface area (Å²) in [5.41, 5.74) is 2.18. The fraction of sp³-hybridized carbons (Fsp3) is 0.316. The zero-order valence-electron chi connectivity index (χ0n) is 14.3. The molecule has 2 aromatic rings. The second-order valence-electron chi connectivity index (χ2n) is 6.01. The van der Waals surface area contributed by atoms with Crippen LogP contribution in [-0.4, -0.2) is 20.1 Å². The van der Waals surface area contributed by atoms with Crippen LogP contribution in [0.2, 0.25) is 0 Å². The lowest BCUT2D eigenvalue weighted by Gasteiger charge is -2.24. The van der Waals surface area contributed by atoms with Crippen molar-refractivity contribution in [3.8, 4) is 11.5 Å². The minimum atomic E-state index is -0.638. The maximum Gasteiger partial charge on any atom is 0.234 e. The number of methoxy groups -OCH3 is 2. The first-order chi connectivity index (χ1) is 10.9. The van der Waals surface area contributed by atoms with Crippen molar-refractivity contribution >= 4 is 11.6 Å². The molecule has 0 fully saturated rings. The summed E-state index contributed by atoms with van der Waals surface area (Å²) in [5, 5.41) is 2.95. The number of hydrogen-bond donors (Lipinski definition) is 1. The van der Waals surface area contributed by atoms with Gasteiger partial charge < -0.3 is 14.8 Å².